The van der Waals surface area contributed by atoms with Crippen LogP contribution in [0.25, 0.3) is 0 Å². The van der Waals surface area contributed by atoms with Crippen LogP contribution in [0.1, 0.15) is 0 Å². The van der Waals surface area contributed by atoms with Crippen LogP contribution in [-0.2, 0) is 6.54 Å². The fourth-order valence-electron chi connectivity index (χ4n) is 1.44. The molecule has 0 aliphatic carbocycles. The fraction of sp³-hybridized carbons (Fsp3) is 0.417. The number of rotatable bonds is 4. The third-order valence-corrected chi connectivity index (χ3v) is 2.22. The molecule has 7 heteroatoms. The molecule has 0 spiro atoms. The second-order valence-corrected chi connectivity index (χ2v) is 4.28. The highest BCUT2D eigenvalue weighted by molar-refractivity contribution is 5.59. The Bertz CT molecular complexity index is 631. The molecule has 0 aromatic carbocycles. The van der Waals surface area contributed by atoms with Crippen molar-refractivity contribution in [3.63, 3.8) is 0 Å². The van der Waals surface area contributed by atoms with E-state index < -0.39 is 11.2 Å². The van der Waals surface area contributed by atoms with Gasteiger partial charge in [0.25, 0.3) is 5.56 Å². The predicted octanol–water partition coefficient (Wildman–Crippen LogP) is -0.938. The maximum absolute atomic E-state index is 12.2. The van der Waals surface area contributed by atoms with Gasteiger partial charge in [-0.1, -0.05) is 5.92 Å². The van der Waals surface area contributed by atoms with Gasteiger partial charge in [0.1, 0.15) is 0 Å². The van der Waals surface area contributed by atoms with Crippen molar-refractivity contribution in [3.05, 3.63) is 26.9 Å². The summed E-state index contributed by atoms with van der Waals surface area (Å²) < 4.78 is 2.26. The van der Waals surface area contributed by atoms with E-state index in [1.165, 1.54) is 22.1 Å². The summed E-state index contributed by atoms with van der Waals surface area (Å²) in [5.74, 6) is 2.54. The van der Waals surface area contributed by atoms with Gasteiger partial charge in [0.2, 0.25) is 0 Å². The van der Waals surface area contributed by atoms with Crippen LogP contribution in [0, 0.1) is 12.3 Å². The van der Waals surface area contributed by atoms with Gasteiger partial charge in [-0.05, 0) is 0 Å². The molecule has 19 heavy (non-hydrogen) atoms. The van der Waals surface area contributed by atoms with Gasteiger partial charge in [0, 0.05) is 34.3 Å². The molecule has 0 amide bonds. The maximum Gasteiger partial charge on any atom is 0.352 e. The first-order chi connectivity index (χ1) is 8.88. The molecule has 7 nitrogen and oxygen atoms in total. The van der Waals surface area contributed by atoms with Crippen LogP contribution < -0.4 is 16.3 Å². The topological polar surface area (TPSA) is 62.8 Å². The summed E-state index contributed by atoms with van der Waals surface area (Å²) in [6.45, 7) is -0.0663. The Kier molecular flexibility index (Phi) is 4.53. The molecule has 0 N–H and O–H groups in total. The molecule has 1 aromatic heterocycles. The minimum absolute atomic E-state index is 0.0663. The van der Waals surface area contributed by atoms with Gasteiger partial charge < -0.3 is 9.91 Å². The van der Waals surface area contributed by atoms with Crippen LogP contribution in [0.2, 0.25) is 0 Å². The van der Waals surface area contributed by atoms with Crippen LogP contribution in [-0.4, -0.2) is 48.7 Å². The average molecular weight is 263 g/mol. The summed E-state index contributed by atoms with van der Waals surface area (Å²) in [6.07, 6.45) is 6.67. The second kappa shape index (κ2) is 5.91. The van der Waals surface area contributed by atoms with Gasteiger partial charge >= 0.3 is 5.69 Å². The summed E-state index contributed by atoms with van der Waals surface area (Å²) in [4.78, 5) is 29.8. The molecule has 0 aliphatic rings. The molecule has 0 unspecified atom stereocenters. The van der Waals surface area contributed by atoms with Crippen molar-refractivity contribution in [1.29, 1.82) is 0 Å². The first kappa shape index (κ1) is 14.6. The molecule has 0 fully saturated rings. The van der Waals surface area contributed by atoms with Crippen molar-refractivity contribution in [2.45, 2.75) is 6.54 Å². The molecule has 0 atom stereocenters. The molecule has 102 valence electrons. The molecule has 0 radical (unpaired) electrons. The van der Waals surface area contributed by atoms with Gasteiger partial charge in [-0.15, -0.1) is 6.42 Å². The van der Waals surface area contributed by atoms with Crippen LogP contribution in [0.5, 0.6) is 0 Å². The molecular weight excluding hydrogens is 246 g/mol. The van der Waals surface area contributed by atoms with Gasteiger partial charge in [0.15, 0.2) is 5.82 Å². The van der Waals surface area contributed by atoms with E-state index in [1.54, 1.807) is 33.1 Å². The molecule has 1 heterocycles. The van der Waals surface area contributed by atoms with Crippen LogP contribution >= 0.6 is 0 Å². The van der Waals surface area contributed by atoms with E-state index in [2.05, 4.69) is 10.9 Å². The lowest BCUT2D eigenvalue weighted by molar-refractivity contribution is 0.600. The standard InChI is InChI=1S/C12H17N5O2/c1-6-7-16-11(18)8-10(13-9-14(2)3)17(12(16)19)15(4)5/h1,8-9H,7H2,2-5H3/b13-9+. The molecule has 0 saturated heterocycles. The molecule has 1 rings (SSSR count). The molecular formula is C12H17N5O2. The summed E-state index contributed by atoms with van der Waals surface area (Å²) in [6, 6.07) is 1.28. The van der Waals surface area contributed by atoms with E-state index in [1.807, 2.05) is 0 Å². The summed E-state index contributed by atoms with van der Waals surface area (Å²) in [5.41, 5.74) is -0.978. The number of hydrogen-bond acceptors (Lipinski definition) is 4. The van der Waals surface area contributed by atoms with E-state index in [9.17, 15) is 9.59 Å². The van der Waals surface area contributed by atoms with Crippen molar-refractivity contribution in [1.82, 2.24) is 14.1 Å². The lowest BCUT2D eigenvalue weighted by Gasteiger charge is -2.19. The third-order valence-electron chi connectivity index (χ3n) is 2.22. The van der Waals surface area contributed by atoms with Crippen molar-refractivity contribution in [2.24, 2.45) is 4.99 Å². The Morgan fingerprint density at radius 3 is 2.47 bits per heavy atom. The van der Waals surface area contributed by atoms with Crippen molar-refractivity contribution < 1.29 is 0 Å². The number of hydrogen-bond donors (Lipinski definition) is 0. The highest BCUT2D eigenvalue weighted by Crippen LogP contribution is 2.05. The summed E-state index contributed by atoms with van der Waals surface area (Å²) >= 11 is 0. The maximum atomic E-state index is 12.2. The predicted molar refractivity (Wildman–Crippen MR) is 75.7 cm³/mol. The number of nitrogens with zero attached hydrogens (tertiary/aromatic N) is 5. The minimum Gasteiger partial charge on any atom is -0.369 e. The Labute approximate surface area is 111 Å². The van der Waals surface area contributed by atoms with Gasteiger partial charge in [0.05, 0.1) is 12.9 Å². The first-order valence-electron chi connectivity index (χ1n) is 5.57. The zero-order valence-electron chi connectivity index (χ0n) is 11.5. The van der Waals surface area contributed by atoms with E-state index in [-0.39, 0.29) is 12.4 Å². The third kappa shape index (κ3) is 3.25. The molecule has 1 aromatic rings. The van der Waals surface area contributed by atoms with Crippen molar-refractivity contribution in [2.75, 3.05) is 33.2 Å². The quantitative estimate of drug-likeness (QED) is 0.400. The van der Waals surface area contributed by atoms with E-state index in [4.69, 9.17) is 6.42 Å². The lowest BCUT2D eigenvalue weighted by Crippen LogP contribution is -2.45. The summed E-state index contributed by atoms with van der Waals surface area (Å²) in [7, 11) is 6.95. The SMILES string of the molecule is C#CCn1c(=O)cc(/N=C/N(C)C)n(N(C)C)c1=O. The second-order valence-electron chi connectivity index (χ2n) is 4.28. The molecule has 0 bridgehead atoms. The fourth-order valence-corrected chi connectivity index (χ4v) is 1.44. The van der Waals surface area contributed by atoms with Gasteiger partial charge in [-0.3, -0.25) is 4.79 Å². The van der Waals surface area contributed by atoms with E-state index >= 15 is 0 Å². The number of aliphatic imine (C=N–C) groups is 1. The highest BCUT2D eigenvalue weighted by atomic mass is 16.2. The summed E-state index contributed by atoms with van der Waals surface area (Å²) in [5, 5.41) is 1.54. The largest absolute Gasteiger partial charge is 0.369 e. The van der Waals surface area contributed by atoms with Crippen molar-refractivity contribution in [3.8, 4) is 12.3 Å². The van der Waals surface area contributed by atoms with E-state index in [0.29, 0.717) is 0 Å². The number of aromatic nitrogens is 2. The normalized spacial score (nSPS) is 10.5. The number of terminal acetylenes is 1. The average Bonchev–Trinajstić information content (AvgIpc) is 2.30. The van der Waals surface area contributed by atoms with Crippen LogP contribution in [0.3, 0.4) is 0 Å². The Morgan fingerprint density at radius 1 is 1.37 bits per heavy atom. The van der Waals surface area contributed by atoms with Gasteiger partial charge in [-0.25, -0.2) is 14.4 Å². The van der Waals surface area contributed by atoms with Crippen LogP contribution in [0.4, 0.5) is 5.82 Å². The highest BCUT2D eigenvalue weighted by Gasteiger charge is 2.11. The van der Waals surface area contributed by atoms with Gasteiger partial charge in [-0.2, -0.15) is 4.68 Å². The Balaban J connectivity index is 3.54. The first-order valence-corrected chi connectivity index (χ1v) is 5.57. The van der Waals surface area contributed by atoms with E-state index in [0.717, 1.165) is 4.57 Å². The zero-order chi connectivity index (χ0) is 14.6. The molecule has 0 aliphatic heterocycles. The smallest absolute Gasteiger partial charge is 0.352 e. The Morgan fingerprint density at radius 2 is 2.00 bits per heavy atom. The van der Waals surface area contributed by atoms with Crippen LogP contribution in [0.15, 0.2) is 20.6 Å². The lowest BCUT2D eigenvalue weighted by atomic mass is 10.5. The minimum atomic E-state index is -0.513. The Hall–Kier alpha value is -2.49. The molecule has 0 saturated carbocycles. The zero-order valence-corrected chi connectivity index (χ0v) is 11.5. The van der Waals surface area contributed by atoms with Crippen molar-refractivity contribution >= 4 is 12.2 Å². The monoisotopic (exact) mass is 263 g/mol.